The van der Waals surface area contributed by atoms with Crippen LogP contribution >= 0.6 is 23.5 Å². The zero-order valence-corrected chi connectivity index (χ0v) is 61.1. The summed E-state index contributed by atoms with van der Waals surface area (Å²) in [7, 11) is 0. The largest absolute Gasteiger partial charge is 0.508 e. The van der Waals surface area contributed by atoms with E-state index in [0.29, 0.717) is 96.5 Å². The molecule has 3 saturated carbocycles. The maximum absolute atomic E-state index is 15.7. The molecular formula is C76H99F2N13O13S2. The van der Waals surface area contributed by atoms with Gasteiger partial charge in [-0.15, -0.1) is 0 Å². The number of nitrogens with zero attached hydrogens (tertiary/aromatic N) is 2. The van der Waals surface area contributed by atoms with Crippen molar-refractivity contribution in [1.29, 1.82) is 0 Å². The minimum Gasteiger partial charge on any atom is -0.508 e. The molecule has 2 aromatic heterocycles. The Morgan fingerprint density at radius 2 is 1.36 bits per heavy atom. The lowest BCUT2D eigenvalue weighted by atomic mass is 9.75. The number of nitrogens with two attached hydrogens (primary N) is 2. The Morgan fingerprint density at radius 3 is 2.08 bits per heavy atom. The molecule has 15 N–H and O–H groups in total. The number of thioether (sulfide) groups is 2. The van der Waals surface area contributed by atoms with Crippen molar-refractivity contribution in [3.8, 4) is 5.75 Å². The fourth-order valence-corrected chi connectivity index (χ4v) is 18.0. The number of carbonyl (C=O) groups is 11. The average molecular weight is 1500 g/mol. The minimum absolute atomic E-state index is 0.0337. The van der Waals surface area contributed by atoms with Crippen molar-refractivity contribution in [2.45, 2.75) is 195 Å². The minimum atomic E-state index is -1.97. The fourth-order valence-electron chi connectivity index (χ4n) is 16.0. The van der Waals surface area contributed by atoms with Crippen molar-refractivity contribution in [3.63, 3.8) is 0 Å². The summed E-state index contributed by atoms with van der Waals surface area (Å²) in [4.78, 5) is 171. The number of carbonyl (C=O) groups excluding carboxylic acids is 10. The Kier molecular flexibility index (Phi) is 29.0. The van der Waals surface area contributed by atoms with Crippen LogP contribution in [0.4, 0.5) is 8.78 Å². The predicted octanol–water partition coefficient (Wildman–Crippen LogP) is 5.38. The topological polar surface area (TPSA) is 412 Å². The first kappa shape index (κ1) is 79.7. The highest BCUT2D eigenvalue weighted by Gasteiger charge is 2.47. The van der Waals surface area contributed by atoms with Crippen LogP contribution < -0.4 is 48.7 Å². The van der Waals surface area contributed by atoms with Gasteiger partial charge in [-0.25, -0.2) is 13.8 Å². The molecule has 2 bridgehead atoms. The number of hydrogen-bond acceptors (Lipinski definition) is 16. The van der Waals surface area contributed by atoms with Crippen molar-refractivity contribution >= 4 is 99.3 Å². The van der Waals surface area contributed by atoms with Crippen LogP contribution in [0.5, 0.6) is 5.75 Å². The van der Waals surface area contributed by atoms with E-state index in [9.17, 15) is 38.6 Å². The lowest BCUT2D eigenvalue weighted by molar-refractivity contribution is -0.142. The Hall–Kier alpha value is -8.90. The van der Waals surface area contributed by atoms with Gasteiger partial charge in [0.15, 0.2) is 5.78 Å². The number of alkyl halides is 1. The number of aromatic amines is 2. The van der Waals surface area contributed by atoms with Crippen LogP contribution in [0, 0.1) is 41.3 Å². The van der Waals surface area contributed by atoms with E-state index < -0.39 is 132 Å². The van der Waals surface area contributed by atoms with Crippen LogP contribution in [0.3, 0.4) is 0 Å². The van der Waals surface area contributed by atoms with Gasteiger partial charge >= 0.3 is 5.97 Å². The summed E-state index contributed by atoms with van der Waals surface area (Å²) in [5, 5.41) is 40.0. The average Bonchev–Trinajstić information content (AvgIpc) is 1.66. The van der Waals surface area contributed by atoms with Gasteiger partial charge in [-0.3, -0.25) is 52.7 Å². The molecule has 5 aromatic rings. The first-order valence-electron chi connectivity index (χ1n) is 37.0. The number of primary amides is 1. The summed E-state index contributed by atoms with van der Waals surface area (Å²) in [5.74, 6) is -9.95. The van der Waals surface area contributed by atoms with Crippen LogP contribution in [0.25, 0.3) is 10.9 Å². The summed E-state index contributed by atoms with van der Waals surface area (Å²) < 4.78 is 30.3. The third kappa shape index (κ3) is 22.6. The monoisotopic (exact) mass is 1500 g/mol. The van der Waals surface area contributed by atoms with Gasteiger partial charge in [0.25, 0.3) is 0 Å². The smallest absolute Gasteiger partial charge is 0.305 e. The summed E-state index contributed by atoms with van der Waals surface area (Å²) in [6.45, 7) is -0.237. The molecule has 4 heterocycles. The standard InChI is InChI=1S/C76H99F2N13O13S2/c77-52-17-16-47-14-15-48(56(47)31-52)27-61-73(101)89-63(34-69(96)97)75(103)88-62(33-54-36-81-42-84-54)74(102)90-64(26-43-12-19-55(92)20-13-43)76(104)91-38-50(46-9-2-1-3-10-46)29-65(91)66(93)30-51(70(80)98)41-106-40-45-8-6-7-44(25-45)39-105-24-22-67(94)85-59(11-4-5-23-79)71(99)83-37-68(95)86-60(72(100)87-61)28-49-35-82-58-21-18-53(78)32-57(49)58/h6-8,12-13,18-21,25,32,35-36,42,46-48,50-52,56,59-65,82,92H,1-5,9-11,14-17,22-24,26-31,33-34,37-41,79H2,(H2,80,98)(H,81,84)(H,83,99)(H,85,94)(H,86,95)(H,87,100)(H,88,103)(H,89,101)(H,90,102)(H,96,97)/t47?,48?,50-,51+,52?,56?,59+,60+,61+,62+,63+,64+,65+/m1/s1. The molecular weight excluding hydrogens is 1410 g/mol. The number of ketones is 1. The number of phenolic OH excluding ortho intramolecular Hbond substituents is 1. The molecule has 2 aliphatic heterocycles. The van der Waals surface area contributed by atoms with E-state index in [4.69, 9.17) is 11.5 Å². The van der Waals surface area contributed by atoms with E-state index in [1.54, 1.807) is 12.1 Å². The molecule has 0 radical (unpaired) electrons. The lowest BCUT2D eigenvalue weighted by Gasteiger charge is -2.33. The van der Waals surface area contributed by atoms with Gasteiger partial charge in [0.05, 0.1) is 31.3 Å². The molecule has 5 aliphatic rings. The number of H-pyrrole nitrogens is 2. The van der Waals surface area contributed by atoms with Crippen LogP contribution in [0.1, 0.15) is 144 Å². The zero-order valence-electron chi connectivity index (χ0n) is 59.5. The number of rotatable bonds is 16. The summed E-state index contributed by atoms with van der Waals surface area (Å²) >= 11 is 2.91. The number of imidazole rings is 1. The first-order chi connectivity index (χ1) is 51.0. The molecule has 1 saturated heterocycles. The van der Waals surface area contributed by atoms with Gasteiger partial charge in [0.1, 0.15) is 54.0 Å². The summed E-state index contributed by atoms with van der Waals surface area (Å²) in [6, 6.07) is 7.35. The Balaban J connectivity index is 0.985. The number of benzene rings is 3. The number of unbranched alkanes of at least 4 members (excludes halogenated alkanes) is 1. The maximum atomic E-state index is 15.7. The first-order valence-corrected chi connectivity index (χ1v) is 39.4. The van der Waals surface area contributed by atoms with E-state index >= 15 is 33.2 Å². The van der Waals surface area contributed by atoms with Crippen LogP contribution in [0.2, 0.25) is 0 Å². The fraction of sp³-hybridized carbons (Fsp3) is 0.553. The lowest BCUT2D eigenvalue weighted by Crippen LogP contribution is -2.60. The van der Waals surface area contributed by atoms with Gasteiger partial charge in [-0.2, -0.15) is 23.5 Å². The van der Waals surface area contributed by atoms with Crippen molar-refractivity contribution in [3.05, 3.63) is 119 Å². The number of carboxylic acids is 1. The maximum Gasteiger partial charge on any atom is 0.305 e. The second kappa shape index (κ2) is 38.6. The highest BCUT2D eigenvalue weighted by Crippen LogP contribution is 2.48. The molecule has 30 heteroatoms. The SMILES string of the molecule is NCCCC[C@@H]1NC(=O)CCSCc2cccc(c2)CSC[C@@H](C(N)=O)CC(=O)[C@@H]2C[C@@H](C3CCCCC3)CN2C(=O)[C@H](Cc2ccc(O)cc2)NC(=O)[C@H](Cc2cnc[nH]2)NC(=O)[C@H](CC(=O)O)NC(=O)[C@H](CC2CCC3CCC(F)CC32)NC(=O)[C@H](Cc2c[nH]c3ccc(F)cc23)NC(=O)CNC1=O. The van der Waals surface area contributed by atoms with Crippen molar-refractivity contribution in [2.24, 2.45) is 47.0 Å². The molecule has 106 heavy (non-hydrogen) atoms. The second-order valence-electron chi connectivity index (χ2n) is 29.2. The molecule has 26 nitrogen and oxygen atoms in total. The van der Waals surface area contributed by atoms with Gasteiger partial charge in [-0.1, -0.05) is 68.5 Å². The number of amides is 9. The number of Topliss-reactive ketones (excluding diaryl/α,β-unsaturated/α-hetero) is 1. The Morgan fingerprint density at radius 1 is 0.670 bits per heavy atom. The van der Waals surface area contributed by atoms with Crippen LogP contribution in [-0.2, 0) is 83.5 Å². The summed E-state index contributed by atoms with van der Waals surface area (Å²) in [6.07, 6.45) is 9.33. The molecule has 572 valence electrons. The number of hydrogen-bond donors (Lipinski definition) is 13. The van der Waals surface area contributed by atoms with Crippen molar-refractivity contribution < 1.29 is 71.7 Å². The van der Waals surface area contributed by atoms with E-state index in [1.165, 1.54) is 77.5 Å². The number of nitrogens with one attached hydrogen (secondary N) is 9. The molecule has 3 aromatic carbocycles. The van der Waals surface area contributed by atoms with Crippen LogP contribution in [0.15, 0.2) is 85.5 Å². The third-order valence-corrected chi connectivity index (χ3v) is 23.8. The van der Waals surface area contributed by atoms with E-state index in [-0.39, 0.29) is 105 Å². The van der Waals surface area contributed by atoms with Crippen molar-refractivity contribution in [1.82, 2.24) is 57.1 Å². The number of aromatic hydroxyl groups is 1. The number of fused-ring (bicyclic) bond motifs is 5. The molecule has 13 atom stereocenters. The Bertz CT molecular complexity index is 3900. The molecule has 0 spiro atoms. The van der Waals surface area contributed by atoms with E-state index in [2.05, 4.69) is 52.2 Å². The number of aromatic nitrogens is 3. The molecule has 3 aliphatic carbocycles. The second-order valence-corrected chi connectivity index (χ2v) is 31.3. The van der Waals surface area contributed by atoms with E-state index in [0.717, 1.165) is 43.2 Å². The number of halogens is 2. The number of phenols is 1. The van der Waals surface area contributed by atoms with Crippen molar-refractivity contribution in [2.75, 3.05) is 31.1 Å². The molecule has 4 fully saturated rings. The third-order valence-electron chi connectivity index (χ3n) is 21.6. The number of aliphatic carboxylic acids is 1. The van der Waals surface area contributed by atoms with Gasteiger partial charge < -0.3 is 73.8 Å². The highest BCUT2D eigenvalue weighted by atomic mass is 32.2. The molecule has 10 rings (SSSR count). The number of carboxylic acid groups (broad SMARTS) is 1. The van der Waals surface area contributed by atoms with Gasteiger partial charge in [-0.05, 0) is 153 Å². The Labute approximate surface area is 622 Å². The zero-order chi connectivity index (χ0) is 75.4. The summed E-state index contributed by atoms with van der Waals surface area (Å²) in [5.41, 5.74) is 15.4. The highest BCUT2D eigenvalue weighted by molar-refractivity contribution is 7.98. The van der Waals surface area contributed by atoms with Gasteiger partial charge in [0, 0.05) is 90.7 Å². The van der Waals surface area contributed by atoms with E-state index in [1.807, 2.05) is 24.3 Å². The normalized spacial score (nSPS) is 27.5. The molecule has 9 amide bonds. The van der Waals surface area contributed by atoms with Gasteiger partial charge in [0.2, 0.25) is 53.2 Å². The predicted molar refractivity (Wildman–Crippen MR) is 395 cm³/mol. The molecule has 4 unspecified atom stereocenters. The van der Waals surface area contributed by atoms with Crippen LogP contribution in [-0.4, -0.2) is 175 Å². The quantitative estimate of drug-likeness (QED) is 0.0552.